The molecule has 4 heterocycles. The number of aromatic hydroxyl groups is 1. The molecule has 13 N–H and O–H groups in total. The molecular weight excluding hydrogens is 1150 g/mol. The maximum atomic E-state index is 14.9. The molecule has 0 spiro atoms. The van der Waals surface area contributed by atoms with Crippen LogP contribution in [0.5, 0.6) is 11.5 Å². The number of amides is 7. The summed E-state index contributed by atoms with van der Waals surface area (Å²) in [6.45, 7) is 6.39. The van der Waals surface area contributed by atoms with Gasteiger partial charge in [-0.25, -0.2) is 0 Å². The fourth-order valence-corrected chi connectivity index (χ4v) is 11.7. The van der Waals surface area contributed by atoms with Crippen LogP contribution in [0.2, 0.25) is 0 Å². The number of quaternary nitrogens is 1. The molecule has 0 bridgehead atoms. The number of unbranched alkanes of at least 4 members (excludes halogenated alkanes) is 2. The number of likely N-dealkylation sites (N-methyl/N-ethyl adjacent to an activating group) is 1. The monoisotopic (exact) mass is 1240 g/mol. The molecule has 4 saturated heterocycles. The highest BCUT2D eigenvalue weighted by atomic mass is 16.5. The van der Waals surface area contributed by atoms with Gasteiger partial charge in [-0.05, 0) is 84.5 Å². The Morgan fingerprint density at radius 3 is 1.78 bits per heavy atom. The molecule has 0 radical (unpaired) electrons. The van der Waals surface area contributed by atoms with Gasteiger partial charge in [-0.1, -0.05) is 87.4 Å². The lowest BCUT2D eigenvalue weighted by atomic mass is 9.96. The summed E-state index contributed by atoms with van der Waals surface area (Å²) in [6.07, 6.45) is -11.9. The number of hydrogen-bond donors (Lipinski definition) is 13. The molecule has 4 aliphatic heterocycles. The van der Waals surface area contributed by atoms with Crippen molar-refractivity contribution in [3.63, 3.8) is 0 Å². The van der Waals surface area contributed by atoms with E-state index in [-0.39, 0.29) is 36.1 Å². The highest BCUT2D eigenvalue weighted by molar-refractivity contribution is 6.00. The SMILES string of the molecule is CCCCCOc1ccc(-c2ccc(-c3ccc(C(=O)N[C@H]4C[C@@H](O)[C@@H](OC[C@H]5CC[N+]5(C)C)NC(=O)[C@@H]5[C@@H](O)[C@@H](C)CN5C(=O)[C@H]([C@@H](C)O)NC(=O)[C@H]([C@H](O)[C@@H](O)c5ccc(O)cc5)NC(=O)[C@@H]5C[C@@H](O)CN5C(=O)[C@H]([C@@H](C)O)NC4=O)cc3)cc2)cc1. The number of benzene rings is 4. The Balaban J connectivity index is 1.12. The van der Waals surface area contributed by atoms with Crippen LogP contribution in [0.3, 0.4) is 0 Å². The van der Waals surface area contributed by atoms with Gasteiger partial charge in [0.15, 0.2) is 6.23 Å². The van der Waals surface area contributed by atoms with Crippen molar-refractivity contribution in [2.45, 2.75) is 157 Å². The van der Waals surface area contributed by atoms with E-state index in [4.69, 9.17) is 9.47 Å². The summed E-state index contributed by atoms with van der Waals surface area (Å²) in [7, 11) is 3.89. The van der Waals surface area contributed by atoms with Gasteiger partial charge < -0.3 is 91.2 Å². The van der Waals surface area contributed by atoms with E-state index >= 15 is 0 Å². The van der Waals surface area contributed by atoms with Crippen molar-refractivity contribution in [3.05, 3.63) is 108 Å². The minimum absolute atomic E-state index is 0.0535. The third-order valence-corrected chi connectivity index (χ3v) is 17.5. The van der Waals surface area contributed by atoms with Crippen molar-refractivity contribution in [1.82, 2.24) is 36.4 Å². The van der Waals surface area contributed by atoms with Crippen molar-refractivity contribution in [3.8, 4) is 33.8 Å². The van der Waals surface area contributed by atoms with E-state index in [0.29, 0.717) is 17.5 Å². The van der Waals surface area contributed by atoms with Crippen molar-refractivity contribution in [1.29, 1.82) is 0 Å². The second kappa shape index (κ2) is 29.4. The second-order valence-corrected chi connectivity index (χ2v) is 24.5. The number of fused-ring (bicyclic) bond motifs is 2. The van der Waals surface area contributed by atoms with Crippen LogP contribution >= 0.6 is 0 Å². The zero-order valence-corrected chi connectivity index (χ0v) is 50.8. The van der Waals surface area contributed by atoms with Crippen LogP contribution in [0.15, 0.2) is 97.1 Å². The Kier molecular flexibility index (Phi) is 22.2. The van der Waals surface area contributed by atoms with Gasteiger partial charge in [0.2, 0.25) is 35.4 Å². The van der Waals surface area contributed by atoms with E-state index < -0.39 is 152 Å². The molecule has 4 aromatic rings. The Morgan fingerprint density at radius 2 is 1.22 bits per heavy atom. The third-order valence-electron chi connectivity index (χ3n) is 17.5. The molecule has 0 saturated carbocycles. The maximum absolute atomic E-state index is 14.9. The molecule has 25 nitrogen and oxygen atoms in total. The summed E-state index contributed by atoms with van der Waals surface area (Å²) in [5.41, 5.74) is 3.50. The summed E-state index contributed by atoms with van der Waals surface area (Å²) in [5, 5.41) is 103. The Hall–Kier alpha value is -7.59. The molecule has 4 fully saturated rings. The fraction of sp³-hybridized carbons (Fsp3) is 0.516. The molecule has 16 atom stereocenters. The maximum Gasteiger partial charge on any atom is 0.251 e. The van der Waals surface area contributed by atoms with Crippen molar-refractivity contribution in [2.75, 3.05) is 46.9 Å². The number of aliphatic hydroxyl groups is 7. The number of rotatable bonds is 17. The minimum atomic E-state index is -2.28. The van der Waals surface area contributed by atoms with Gasteiger partial charge in [-0.3, -0.25) is 33.6 Å². The van der Waals surface area contributed by atoms with E-state index in [0.717, 1.165) is 77.5 Å². The first-order chi connectivity index (χ1) is 42.3. The van der Waals surface area contributed by atoms with Crippen molar-refractivity contribution < 1.29 is 88.4 Å². The first-order valence-corrected chi connectivity index (χ1v) is 30.3. The van der Waals surface area contributed by atoms with Crippen molar-refractivity contribution >= 4 is 41.4 Å². The normalized spacial score (nSPS) is 28.5. The lowest BCUT2D eigenvalue weighted by Crippen LogP contribution is -2.64. The van der Waals surface area contributed by atoms with Crippen LogP contribution in [0.25, 0.3) is 22.3 Å². The lowest BCUT2D eigenvalue weighted by molar-refractivity contribution is -0.955. The first-order valence-electron chi connectivity index (χ1n) is 30.3. The molecule has 4 aliphatic rings. The Labute approximate surface area is 516 Å². The lowest BCUT2D eigenvalue weighted by Gasteiger charge is -2.47. The Bertz CT molecular complexity index is 3110. The zero-order chi connectivity index (χ0) is 64.6. The van der Waals surface area contributed by atoms with Gasteiger partial charge >= 0.3 is 0 Å². The van der Waals surface area contributed by atoms with Gasteiger partial charge in [0.05, 0.1) is 58.1 Å². The quantitative estimate of drug-likeness (QED) is 0.0487. The predicted octanol–water partition coefficient (Wildman–Crippen LogP) is -0.0541. The second-order valence-electron chi connectivity index (χ2n) is 24.5. The average molecular weight is 1240 g/mol. The number of ether oxygens (including phenoxy) is 2. The van der Waals surface area contributed by atoms with E-state index in [1.54, 1.807) is 12.1 Å². The van der Waals surface area contributed by atoms with Gasteiger partial charge in [-0.15, -0.1) is 0 Å². The molecule has 0 aromatic heterocycles. The van der Waals surface area contributed by atoms with E-state index in [1.807, 2.05) is 62.6 Å². The number of likely N-dealkylation sites (tertiary alicyclic amines) is 1. The molecule has 8 rings (SSSR count). The standard InChI is InChI=1S/C64H84N8O17/c1-7-8-9-28-88-46-24-20-40(21-25-46)38-12-10-37(11-13-38)39-14-16-42(17-15-39)57(81)65-47-30-49(77)62(89-33-43-26-27-72(43,5)6)69-61(85)53-54(78)34(2)31-71(53)64(87)51(36(4)74)67-60(84)52(56(80)55(79)41-18-22-44(75)23-19-41)68-59(83)48-29-45(76)32-70(48)63(86)50(35(3)73)66-58(47)82/h10-25,34-36,43,45,47-56,62,73-74,76-80H,7-9,26-33H2,1-6H3,(H5-,65,66,67,68,69,75,81,82,83,84,85)/p+1/t34-,35+,36+,43+,45+,47-,48-,49+,50-,51-,52-,53-,54-,55-,56-,62+/m0/s1. The zero-order valence-electron chi connectivity index (χ0n) is 50.8. The highest BCUT2D eigenvalue weighted by Crippen LogP contribution is 2.31. The smallest absolute Gasteiger partial charge is 0.251 e. The third kappa shape index (κ3) is 16.1. The first kappa shape index (κ1) is 67.3. The van der Waals surface area contributed by atoms with E-state index in [2.05, 4.69) is 33.5 Å². The van der Waals surface area contributed by atoms with Crippen LogP contribution in [0.4, 0.5) is 0 Å². The number of nitrogens with one attached hydrogen (secondary N) is 5. The number of phenols is 1. The van der Waals surface area contributed by atoms with Crippen LogP contribution in [-0.2, 0) is 33.5 Å². The summed E-state index contributed by atoms with van der Waals surface area (Å²) >= 11 is 0. The van der Waals surface area contributed by atoms with Gasteiger partial charge in [-0.2, -0.15) is 0 Å². The molecular formula is C64H85N8O17+. The summed E-state index contributed by atoms with van der Waals surface area (Å²) in [5.74, 6) is -8.18. The van der Waals surface area contributed by atoms with Crippen LogP contribution in [-0.4, -0.2) is 229 Å². The van der Waals surface area contributed by atoms with Gasteiger partial charge in [0.25, 0.3) is 5.91 Å². The van der Waals surface area contributed by atoms with Crippen molar-refractivity contribution in [2.24, 2.45) is 5.92 Å². The fourth-order valence-electron chi connectivity index (χ4n) is 11.7. The average Bonchev–Trinajstić information content (AvgIpc) is 2.06. The molecule has 0 aliphatic carbocycles. The summed E-state index contributed by atoms with van der Waals surface area (Å²) in [6, 6.07) is 15.2. The highest BCUT2D eigenvalue weighted by Gasteiger charge is 2.51. The van der Waals surface area contributed by atoms with Crippen LogP contribution in [0, 0.1) is 5.92 Å². The van der Waals surface area contributed by atoms with Crippen LogP contribution in [0.1, 0.15) is 88.2 Å². The number of aliphatic hydroxyl groups excluding tert-OH is 7. The van der Waals surface area contributed by atoms with Gasteiger partial charge in [0, 0.05) is 37.4 Å². The molecule has 4 aromatic carbocycles. The summed E-state index contributed by atoms with van der Waals surface area (Å²) in [4.78, 5) is 104. The van der Waals surface area contributed by atoms with Crippen LogP contribution < -0.4 is 31.3 Å². The molecule has 25 heteroatoms. The number of nitrogens with zero attached hydrogens (tertiary/aromatic N) is 3. The molecule has 89 heavy (non-hydrogen) atoms. The number of hydrogen-bond acceptors (Lipinski definition) is 17. The molecule has 0 unspecified atom stereocenters. The number of carbonyl (C=O) groups excluding carboxylic acids is 7. The largest absolute Gasteiger partial charge is 0.508 e. The minimum Gasteiger partial charge on any atom is -0.508 e. The Morgan fingerprint density at radius 1 is 0.674 bits per heavy atom. The predicted molar refractivity (Wildman–Crippen MR) is 322 cm³/mol. The van der Waals surface area contributed by atoms with Gasteiger partial charge in [0.1, 0.15) is 78.7 Å². The molecule has 7 amide bonds. The summed E-state index contributed by atoms with van der Waals surface area (Å²) < 4.78 is 12.6. The van der Waals surface area contributed by atoms with E-state index in [1.165, 1.54) is 43.3 Å². The topological polar surface area (TPSA) is 366 Å². The number of phenolic OH excluding ortho intramolecular Hbond substituents is 1. The number of carbonyl (C=O) groups is 7. The van der Waals surface area contributed by atoms with E-state index in [9.17, 15) is 74.4 Å². The molecule has 482 valence electrons.